The van der Waals surface area contributed by atoms with Gasteiger partial charge in [-0.3, -0.25) is 4.79 Å². The van der Waals surface area contributed by atoms with Gasteiger partial charge < -0.3 is 10.5 Å². The van der Waals surface area contributed by atoms with Crippen LogP contribution < -0.4 is 5.73 Å². The molecule has 0 spiro atoms. The summed E-state index contributed by atoms with van der Waals surface area (Å²) < 4.78 is 4.73. The van der Waals surface area contributed by atoms with Crippen molar-refractivity contribution in [2.45, 2.75) is 25.7 Å². The number of methoxy groups -OCH3 is 1. The first-order chi connectivity index (χ1) is 5.79. The minimum atomic E-state index is -0.0786. The van der Waals surface area contributed by atoms with E-state index in [0.717, 1.165) is 19.3 Å². The van der Waals surface area contributed by atoms with Crippen molar-refractivity contribution in [3.05, 3.63) is 0 Å². The van der Waals surface area contributed by atoms with Crippen molar-refractivity contribution in [3.8, 4) is 0 Å². The van der Waals surface area contributed by atoms with E-state index in [2.05, 4.69) is 0 Å². The van der Waals surface area contributed by atoms with E-state index in [1.54, 1.807) is 0 Å². The van der Waals surface area contributed by atoms with E-state index in [1.807, 2.05) is 0 Å². The highest BCUT2D eigenvalue weighted by atomic mass is 16.5. The topological polar surface area (TPSA) is 52.3 Å². The third kappa shape index (κ3) is 1.97. The van der Waals surface area contributed by atoms with Crippen molar-refractivity contribution in [1.82, 2.24) is 0 Å². The lowest BCUT2D eigenvalue weighted by atomic mass is 9.79. The second-order valence-electron chi connectivity index (χ2n) is 3.41. The summed E-state index contributed by atoms with van der Waals surface area (Å²) in [7, 11) is 1.45. The van der Waals surface area contributed by atoms with Crippen molar-refractivity contribution in [3.63, 3.8) is 0 Å². The van der Waals surface area contributed by atoms with Gasteiger partial charge in [0.05, 0.1) is 13.0 Å². The van der Waals surface area contributed by atoms with E-state index in [1.165, 1.54) is 13.5 Å². The highest BCUT2D eigenvalue weighted by Gasteiger charge is 2.30. The lowest BCUT2D eigenvalue weighted by Crippen LogP contribution is -2.32. The van der Waals surface area contributed by atoms with Crippen LogP contribution in [0.25, 0.3) is 0 Å². The van der Waals surface area contributed by atoms with Crippen LogP contribution in [0.4, 0.5) is 0 Å². The molecule has 3 nitrogen and oxygen atoms in total. The summed E-state index contributed by atoms with van der Waals surface area (Å²) in [6.45, 7) is 0.611. The number of ether oxygens (including phenoxy) is 1. The fraction of sp³-hybridized carbons (Fsp3) is 0.889. The largest absolute Gasteiger partial charge is 0.469 e. The lowest BCUT2D eigenvalue weighted by molar-refractivity contribution is -0.148. The molecule has 0 radical (unpaired) electrons. The summed E-state index contributed by atoms with van der Waals surface area (Å²) >= 11 is 0. The predicted octanol–water partition coefficient (Wildman–Crippen LogP) is 0.924. The van der Waals surface area contributed by atoms with Crippen molar-refractivity contribution >= 4 is 5.97 Å². The van der Waals surface area contributed by atoms with E-state index in [-0.39, 0.29) is 11.9 Å². The summed E-state index contributed by atoms with van der Waals surface area (Å²) in [6, 6.07) is 0. The zero-order valence-electron chi connectivity index (χ0n) is 7.58. The third-order valence-electron chi connectivity index (χ3n) is 2.72. The zero-order chi connectivity index (χ0) is 8.97. The first-order valence-corrected chi connectivity index (χ1v) is 4.57. The second-order valence-corrected chi connectivity index (χ2v) is 3.41. The molecule has 0 aliphatic heterocycles. The molecule has 12 heavy (non-hydrogen) atoms. The highest BCUT2D eigenvalue weighted by Crippen LogP contribution is 2.29. The van der Waals surface area contributed by atoms with Gasteiger partial charge in [0, 0.05) is 0 Å². The molecular weight excluding hydrogens is 154 g/mol. The fourth-order valence-corrected chi connectivity index (χ4v) is 1.95. The van der Waals surface area contributed by atoms with Crippen LogP contribution in [0, 0.1) is 11.8 Å². The maximum Gasteiger partial charge on any atom is 0.308 e. The van der Waals surface area contributed by atoms with Crippen LogP contribution >= 0.6 is 0 Å². The van der Waals surface area contributed by atoms with Crippen LogP contribution in [0.3, 0.4) is 0 Å². The third-order valence-corrected chi connectivity index (χ3v) is 2.72. The smallest absolute Gasteiger partial charge is 0.308 e. The molecule has 0 aromatic heterocycles. The van der Waals surface area contributed by atoms with Gasteiger partial charge in [0.25, 0.3) is 0 Å². The molecule has 0 amide bonds. The molecular formula is C9H17NO2. The van der Waals surface area contributed by atoms with Gasteiger partial charge in [-0.05, 0) is 25.3 Å². The Morgan fingerprint density at radius 1 is 1.50 bits per heavy atom. The van der Waals surface area contributed by atoms with E-state index in [9.17, 15) is 4.79 Å². The molecule has 2 atom stereocenters. The molecule has 0 unspecified atom stereocenters. The molecule has 0 bridgehead atoms. The van der Waals surface area contributed by atoms with Crippen LogP contribution in [0.1, 0.15) is 25.7 Å². The number of rotatable bonds is 2. The Bertz CT molecular complexity index is 159. The van der Waals surface area contributed by atoms with Crippen LogP contribution in [-0.2, 0) is 9.53 Å². The summed E-state index contributed by atoms with van der Waals surface area (Å²) in [5, 5.41) is 0. The van der Waals surface area contributed by atoms with Crippen LogP contribution in [0.2, 0.25) is 0 Å². The number of nitrogens with two attached hydrogens (primary N) is 1. The number of hydrogen-bond acceptors (Lipinski definition) is 3. The summed E-state index contributed by atoms with van der Waals surface area (Å²) in [6.07, 6.45) is 4.37. The zero-order valence-corrected chi connectivity index (χ0v) is 7.58. The highest BCUT2D eigenvalue weighted by molar-refractivity contribution is 5.72. The summed E-state index contributed by atoms with van der Waals surface area (Å²) in [4.78, 5) is 11.3. The molecule has 0 heterocycles. The van der Waals surface area contributed by atoms with Crippen molar-refractivity contribution < 1.29 is 9.53 Å². The van der Waals surface area contributed by atoms with Crippen LogP contribution in [-0.4, -0.2) is 19.6 Å². The quantitative estimate of drug-likeness (QED) is 0.629. The van der Waals surface area contributed by atoms with Gasteiger partial charge in [0.15, 0.2) is 0 Å². The molecule has 70 valence electrons. The fourth-order valence-electron chi connectivity index (χ4n) is 1.95. The minimum absolute atomic E-state index is 0.0637. The average molecular weight is 171 g/mol. The van der Waals surface area contributed by atoms with Gasteiger partial charge in [0.2, 0.25) is 0 Å². The van der Waals surface area contributed by atoms with E-state index in [4.69, 9.17) is 10.5 Å². The maximum absolute atomic E-state index is 11.3. The molecule has 1 saturated carbocycles. The van der Waals surface area contributed by atoms with E-state index >= 15 is 0 Å². The van der Waals surface area contributed by atoms with Gasteiger partial charge >= 0.3 is 5.97 Å². The Kier molecular flexibility index (Phi) is 3.53. The Morgan fingerprint density at radius 3 is 2.75 bits per heavy atom. The Hall–Kier alpha value is -0.570. The Labute approximate surface area is 73.3 Å². The molecule has 1 aliphatic rings. The SMILES string of the molecule is COC(=O)[C@@H]1CCCC[C@H]1CN. The number of hydrogen-bond donors (Lipinski definition) is 1. The average Bonchev–Trinajstić information content (AvgIpc) is 2.16. The number of carbonyl (C=O) groups excluding carboxylic acids is 1. The lowest BCUT2D eigenvalue weighted by Gasteiger charge is -2.28. The normalized spacial score (nSPS) is 29.8. The molecule has 1 aliphatic carbocycles. The Morgan fingerprint density at radius 2 is 2.17 bits per heavy atom. The standard InChI is InChI=1S/C9H17NO2/c1-12-9(11)8-5-3-2-4-7(8)6-10/h7-8H,2-6,10H2,1H3/t7-,8+/m0/s1. The van der Waals surface area contributed by atoms with Crippen molar-refractivity contribution in [2.75, 3.05) is 13.7 Å². The van der Waals surface area contributed by atoms with Gasteiger partial charge in [-0.1, -0.05) is 12.8 Å². The van der Waals surface area contributed by atoms with Gasteiger partial charge in [0.1, 0.15) is 0 Å². The number of esters is 1. The van der Waals surface area contributed by atoms with Gasteiger partial charge in [-0.2, -0.15) is 0 Å². The first-order valence-electron chi connectivity index (χ1n) is 4.57. The predicted molar refractivity (Wildman–Crippen MR) is 46.5 cm³/mol. The molecule has 1 fully saturated rings. The monoisotopic (exact) mass is 171 g/mol. The second kappa shape index (κ2) is 4.45. The van der Waals surface area contributed by atoms with E-state index in [0.29, 0.717) is 12.5 Å². The maximum atomic E-state index is 11.3. The van der Waals surface area contributed by atoms with Crippen LogP contribution in [0.5, 0.6) is 0 Å². The van der Waals surface area contributed by atoms with Gasteiger partial charge in [-0.25, -0.2) is 0 Å². The Balaban J connectivity index is 2.52. The minimum Gasteiger partial charge on any atom is -0.469 e. The van der Waals surface area contributed by atoms with E-state index < -0.39 is 0 Å². The van der Waals surface area contributed by atoms with Crippen molar-refractivity contribution in [1.29, 1.82) is 0 Å². The summed E-state index contributed by atoms with van der Waals surface area (Å²) in [5.41, 5.74) is 5.58. The molecule has 0 saturated heterocycles. The summed E-state index contributed by atoms with van der Waals surface area (Å²) in [5.74, 6) is 0.338. The van der Waals surface area contributed by atoms with Crippen LogP contribution in [0.15, 0.2) is 0 Å². The molecule has 1 rings (SSSR count). The first kappa shape index (κ1) is 9.52. The molecule has 0 aromatic carbocycles. The van der Waals surface area contributed by atoms with Crippen molar-refractivity contribution in [2.24, 2.45) is 17.6 Å². The van der Waals surface area contributed by atoms with Gasteiger partial charge in [-0.15, -0.1) is 0 Å². The molecule has 3 heteroatoms. The number of carbonyl (C=O) groups is 1. The molecule has 0 aromatic rings. The molecule has 2 N–H and O–H groups in total.